The number of hydrogen-bond donors (Lipinski definition) is 1. The van der Waals surface area contributed by atoms with Crippen LogP contribution in [0.3, 0.4) is 0 Å². The molecule has 0 bridgehead atoms. The first-order valence-corrected chi connectivity index (χ1v) is 7.63. The van der Waals surface area contributed by atoms with Gasteiger partial charge < -0.3 is 5.32 Å². The Morgan fingerprint density at radius 1 is 1.13 bits per heavy atom. The van der Waals surface area contributed by atoms with Gasteiger partial charge in [-0.25, -0.2) is 8.42 Å². The van der Waals surface area contributed by atoms with E-state index >= 15 is 0 Å². The summed E-state index contributed by atoms with van der Waals surface area (Å²) < 4.78 is 23.1. The van der Waals surface area contributed by atoms with Gasteiger partial charge in [-0.05, 0) is 25.7 Å². The zero-order chi connectivity index (χ0) is 11.9. The lowest BCUT2D eigenvalue weighted by Gasteiger charge is -2.11. The molecule has 0 rings (SSSR count). The summed E-state index contributed by atoms with van der Waals surface area (Å²) in [5, 5.41) is 3.20. The standard InChI is InChI=1S/C11H25NO2S/c1-5-11(4)12-7-9-15(13,14)8-6-10(2)3/h10-12H,5-9H2,1-4H3. The lowest BCUT2D eigenvalue weighted by Crippen LogP contribution is -2.31. The third-order valence-corrected chi connectivity index (χ3v) is 4.21. The van der Waals surface area contributed by atoms with E-state index in [1.807, 2.05) is 13.8 Å². The quantitative estimate of drug-likeness (QED) is 0.698. The molecule has 0 aliphatic heterocycles. The van der Waals surface area contributed by atoms with Crippen LogP contribution in [0.4, 0.5) is 0 Å². The van der Waals surface area contributed by atoms with Crippen LogP contribution >= 0.6 is 0 Å². The first-order valence-electron chi connectivity index (χ1n) is 5.81. The normalized spacial score (nSPS) is 14.5. The molecule has 3 nitrogen and oxygen atoms in total. The number of hydrogen-bond acceptors (Lipinski definition) is 3. The van der Waals surface area contributed by atoms with Crippen molar-refractivity contribution >= 4 is 9.84 Å². The summed E-state index contributed by atoms with van der Waals surface area (Å²) in [6.07, 6.45) is 1.80. The number of rotatable bonds is 8. The maximum Gasteiger partial charge on any atom is 0.151 e. The average Bonchev–Trinajstić information content (AvgIpc) is 2.14. The molecule has 0 aliphatic rings. The van der Waals surface area contributed by atoms with Crippen molar-refractivity contribution < 1.29 is 8.42 Å². The Bertz CT molecular complexity index is 247. The fraction of sp³-hybridized carbons (Fsp3) is 1.00. The van der Waals surface area contributed by atoms with Crippen molar-refractivity contribution in [2.75, 3.05) is 18.1 Å². The molecule has 0 aliphatic carbocycles. The molecule has 92 valence electrons. The molecule has 1 atom stereocenters. The highest BCUT2D eigenvalue weighted by atomic mass is 32.2. The molecule has 0 saturated heterocycles. The first-order chi connectivity index (χ1) is 6.87. The summed E-state index contributed by atoms with van der Waals surface area (Å²) in [7, 11) is -2.84. The second-order valence-electron chi connectivity index (χ2n) is 4.60. The summed E-state index contributed by atoms with van der Waals surface area (Å²) in [5.74, 6) is 1.05. The molecule has 0 aromatic rings. The zero-order valence-electron chi connectivity index (χ0n) is 10.4. The van der Waals surface area contributed by atoms with Crippen molar-refractivity contribution in [1.29, 1.82) is 0 Å². The highest BCUT2D eigenvalue weighted by Crippen LogP contribution is 2.03. The molecule has 1 unspecified atom stereocenters. The van der Waals surface area contributed by atoms with Crippen LogP contribution in [0.2, 0.25) is 0 Å². The molecular formula is C11H25NO2S. The minimum atomic E-state index is -2.84. The number of nitrogens with one attached hydrogen (secondary N) is 1. The smallest absolute Gasteiger partial charge is 0.151 e. The lowest BCUT2D eigenvalue weighted by molar-refractivity contribution is 0.540. The third kappa shape index (κ3) is 8.88. The Labute approximate surface area is 94.6 Å². The van der Waals surface area contributed by atoms with E-state index in [1.165, 1.54) is 0 Å². The van der Waals surface area contributed by atoms with Crippen molar-refractivity contribution in [3.05, 3.63) is 0 Å². The average molecular weight is 235 g/mol. The van der Waals surface area contributed by atoms with Gasteiger partial charge in [0.1, 0.15) is 0 Å². The molecule has 0 amide bonds. The van der Waals surface area contributed by atoms with Crippen LogP contribution < -0.4 is 5.32 Å². The van der Waals surface area contributed by atoms with Crippen LogP contribution in [0, 0.1) is 5.92 Å². The van der Waals surface area contributed by atoms with Gasteiger partial charge in [-0.15, -0.1) is 0 Å². The van der Waals surface area contributed by atoms with Gasteiger partial charge in [0.05, 0.1) is 11.5 Å². The second kappa shape index (κ2) is 7.23. The van der Waals surface area contributed by atoms with Crippen molar-refractivity contribution in [1.82, 2.24) is 5.32 Å². The molecule has 0 spiro atoms. The van der Waals surface area contributed by atoms with E-state index in [0.29, 0.717) is 24.3 Å². The Morgan fingerprint density at radius 2 is 1.73 bits per heavy atom. The van der Waals surface area contributed by atoms with Gasteiger partial charge >= 0.3 is 0 Å². The maximum absolute atomic E-state index is 11.6. The van der Waals surface area contributed by atoms with Crippen LogP contribution in [0.5, 0.6) is 0 Å². The molecule has 4 heteroatoms. The molecule has 15 heavy (non-hydrogen) atoms. The predicted molar refractivity (Wildman–Crippen MR) is 65.9 cm³/mol. The van der Waals surface area contributed by atoms with Crippen LogP contribution in [-0.2, 0) is 9.84 Å². The van der Waals surface area contributed by atoms with E-state index in [1.54, 1.807) is 0 Å². The third-order valence-electron chi connectivity index (χ3n) is 2.52. The molecule has 0 aromatic carbocycles. The predicted octanol–water partition coefficient (Wildman–Crippen LogP) is 1.84. The van der Waals surface area contributed by atoms with E-state index < -0.39 is 9.84 Å². The van der Waals surface area contributed by atoms with Gasteiger partial charge in [0.15, 0.2) is 9.84 Å². The molecule has 0 saturated carbocycles. The zero-order valence-corrected chi connectivity index (χ0v) is 11.2. The fourth-order valence-corrected chi connectivity index (χ4v) is 2.59. The van der Waals surface area contributed by atoms with E-state index in [9.17, 15) is 8.42 Å². The Hall–Kier alpha value is -0.0900. The van der Waals surface area contributed by atoms with E-state index in [-0.39, 0.29) is 5.75 Å². The van der Waals surface area contributed by atoms with Gasteiger partial charge in [0.2, 0.25) is 0 Å². The van der Waals surface area contributed by atoms with E-state index in [2.05, 4.69) is 19.2 Å². The molecule has 0 heterocycles. The highest BCUT2D eigenvalue weighted by molar-refractivity contribution is 7.91. The largest absolute Gasteiger partial charge is 0.313 e. The minimum absolute atomic E-state index is 0.268. The second-order valence-corrected chi connectivity index (χ2v) is 6.90. The fourth-order valence-electron chi connectivity index (χ4n) is 1.12. The Balaban J connectivity index is 3.75. The summed E-state index contributed by atoms with van der Waals surface area (Å²) >= 11 is 0. The van der Waals surface area contributed by atoms with E-state index in [4.69, 9.17) is 0 Å². The summed E-state index contributed by atoms with van der Waals surface area (Å²) in [6.45, 7) is 8.83. The molecule has 0 fully saturated rings. The highest BCUT2D eigenvalue weighted by Gasteiger charge is 2.11. The lowest BCUT2D eigenvalue weighted by atomic mass is 10.2. The molecular weight excluding hydrogens is 210 g/mol. The molecule has 0 radical (unpaired) electrons. The maximum atomic E-state index is 11.6. The van der Waals surface area contributed by atoms with Crippen LogP contribution in [0.15, 0.2) is 0 Å². The Morgan fingerprint density at radius 3 is 2.20 bits per heavy atom. The summed E-state index contributed by atoms with van der Waals surface area (Å²) in [6, 6.07) is 0.408. The molecule has 1 N–H and O–H groups in total. The topological polar surface area (TPSA) is 46.2 Å². The van der Waals surface area contributed by atoms with E-state index in [0.717, 1.165) is 12.8 Å². The van der Waals surface area contributed by atoms with Gasteiger partial charge in [-0.3, -0.25) is 0 Å². The van der Waals surface area contributed by atoms with Crippen molar-refractivity contribution in [3.63, 3.8) is 0 Å². The summed E-state index contributed by atoms with van der Waals surface area (Å²) in [5.41, 5.74) is 0. The van der Waals surface area contributed by atoms with Crippen LogP contribution in [0.25, 0.3) is 0 Å². The monoisotopic (exact) mass is 235 g/mol. The molecule has 0 aromatic heterocycles. The number of sulfone groups is 1. The van der Waals surface area contributed by atoms with Crippen LogP contribution in [-0.4, -0.2) is 32.5 Å². The van der Waals surface area contributed by atoms with Crippen LogP contribution in [0.1, 0.15) is 40.5 Å². The van der Waals surface area contributed by atoms with Gasteiger partial charge in [0, 0.05) is 12.6 Å². The van der Waals surface area contributed by atoms with Crippen molar-refractivity contribution in [3.8, 4) is 0 Å². The SMILES string of the molecule is CCC(C)NCCS(=O)(=O)CCC(C)C. The Kier molecular flexibility index (Phi) is 7.18. The van der Waals surface area contributed by atoms with Gasteiger partial charge in [-0.2, -0.15) is 0 Å². The first kappa shape index (κ1) is 14.9. The minimum Gasteiger partial charge on any atom is -0.313 e. The van der Waals surface area contributed by atoms with Gasteiger partial charge in [-0.1, -0.05) is 20.8 Å². The van der Waals surface area contributed by atoms with Crippen molar-refractivity contribution in [2.24, 2.45) is 5.92 Å². The van der Waals surface area contributed by atoms with Gasteiger partial charge in [0.25, 0.3) is 0 Å². The van der Waals surface area contributed by atoms with Crippen molar-refractivity contribution in [2.45, 2.75) is 46.6 Å². The summed E-state index contributed by atoms with van der Waals surface area (Å²) in [4.78, 5) is 0.